The number of hydrogen-bond donors (Lipinski definition) is 0. The summed E-state index contributed by atoms with van der Waals surface area (Å²) in [4.78, 5) is 4.94. The van der Waals surface area contributed by atoms with Crippen LogP contribution < -0.4 is 4.43 Å². The van der Waals surface area contributed by atoms with E-state index in [4.69, 9.17) is 9.41 Å². The van der Waals surface area contributed by atoms with Gasteiger partial charge in [-0.15, -0.1) is 11.3 Å². The molecule has 3 aromatic carbocycles. The van der Waals surface area contributed by atoms with Gasteiger partial charge >= 0.3 is 0 Å². The second kappa shape index (κ2) is 6.46. The van der Waals surface area contributed by atoms with E-state index in [-0.39, 0.29) is 5.04 Å². The van der Waals surface area contributed by atoms with Crippen LogP contribution in [0.15, 0.2) is 60.7 Å². The first-order valence-electron chi connectivity index (χ1n) is 9.33. The van der Waals surface area contributed by atoms with E-state index in [9.17, 15) is 0 Å². The number of benzene rings is 3. The molecule has 4 heteroatoms. The lowest BCUT2D eigenvalue weighted by Crippen LogP contribution is -2.44. The monoisotopic (exact) mass is 391 g/mol. The SMILES string of the molecule is CC(C)(C)[Si](C)(C)Oc1ccc2ccccc2c1-c1nc2ccccc2s1. The minimum atomic E-state index is -1.96. The van der Waals surface area contributed by atoms with Gasteiger partial charge in [-0.1, -0.05) is 63.2 Å². The quantitative estimate of drug-likeness (QED) is 0.337. The van der Waals surface area contributed by atoms with Gasteiger partial charge in [-0.3, -0.25) is 0 Å². The Hall–Kier alpha value is -2.17. The highest BCUT2D eigenvalue weighted by molar-refractivity contribution is 7.21. The average molecular weight is 392 g/mol. The molecule has 138 valence electrons. The topological polar surface area (TPSA) is 22.1 Å². The highest BCUT2D eigenvalue weighted by Crippen LogP contribution is 2.44. The van der Waals surface area contributed by atoms with Gasteiger partial charge in [-0.25, -0.2) is 4.98 Å². The largest absolute Gasteiger partial charge is 0.543 e. The van der Waals surface area contributed by atoms with Gasteiger partial charge in [-0.2, -0.15) is 0 Å². The van der Waals surface area contributed by atoms with Crippen LogP contribution in [0, 0.1) is 0 Å². The van der Waals surface area contributed by atoms with Crippen LogP contribution >= 0.6 is 11.3 Å². The molecule has 4 aromatic rings. The maximum atomic E-state index is 6.76. The predicted molar refractivity (Wildman–Crippen MR) is 120 cm³/mol. The molecule has 0 radical (unpaired) electrons. The lowest BCUT2D eigenvalue weighted by Gasteiger charge is -2.37. The van der Waals surface area contributed by atoms with Gasteiger partial charge in [-0.05, 0) is 47.1 Å². The summed E-state index contributed by atoms with van der Waals surface area (Å²) >= 11 is 1.74. The normalized spacial score (nSPS) is 12.6. The molecule has 0 atom stereocenters. The van der Waals surface area contributed by atoms with Crippen molar-refractivity contribution < 1.29 is 4.43 Å². The lowest BCUT2D eigenvalue weighted by molar-refractivity contribution is 0.494. The summed E-state index contributed by atoms with van der Waals surface area (Å²) in [5.41, 5.74) is 2.17. The second-order valence-electron chi connectivity index (χ2n) is 8.51. The zero-order valence-electron chi connectivity index (χ0n) is 16.5. The number of nitrogens with zero attached hydrogens (tertiary/aromatic N) is 1. The summed E-state index contributed by atoms with van der Waals surface area (Å²) in [6.07, 6.45) is 0. The zero-order valence-corrected chi connectivity index (χ0v) is 18.4. The molecule has 0 amide bonds. The van der Waals surface area contributed by atoms with Crippen molar-refractivity contribution in [1.29, 1.82) is 0 Å². The molecule has 0 bridgehead atoms. The van der Waals surface area contributed by atoms with Crippen LogP contribution in [0.5, 0.6) is 5.75 Å². The van der Waals surface area contributed by atoms with E-state index >= 15 is 0 Å². The molecule has 2 nitrogen and oxygen atoms in total. The van der Waals surface area contributed by atoms with Gasteiger partial charge < -0.3 is 4.43 Å². The molecule has 0 aliphatic heterocycles. The van der Waals surface area contributed by atoms with E-state index in [0.717, 1.165) is 21.8 Å². The molecule has 0 fully saturated rings. The Bertz CT molecular complexity index is 1090. The molecule has 0 saturated carbocycles. The highest BCUT2D eigenvalue weighted by Gasteiger charge is 2.39. The van der Waals surface area contributed by atoms with Crippen molar-refractivity contribution in [2.24, 2.45) is 0 Å². The number of aromatic nitrogens is 1. The average Bonchev–Trinajstić information content (AvgIpc) is 3.03. The van der Waals surface area contributed by atoms with Gasteiger partial charge in [0.25, 0.3) is 8.32 Å². The third-order valence-electron chi connectivity index (χ3n) is 5.57. The summed E-state index contributed by atoms with van der Waals surface area (Å²) in [6, 6.07) is 21.1. The number of hydrogen-bond acceptors (Lipinski definition) is 3. The highest BCUT2D eigenvalue weighted by atomic mass is 32.1. The van der Waals surface area contributed by atoms with Crippen LogP contribution in [-0.4, -0.2) is 13.3 Å². The maximum Gasteiger partial charge on any atom is 0.250 e. The molecule has 0 aliphatic rings. The van der Waals surface area contributed by atoms with Gasteiger partial charge in [0, 0.05) is 0 Å². The first-order chi connectivity index (χ1) is 12.8. The Labute approximate surface area is 166 Å². The van der Waals surface area contributed by atoms with Crippen LogP contribution in [0.25, 0.3) is 31.6 Å². The minimum Gasteiger partial charge on any atom is -0.543 e. The van der Waals surface area contributed by atoms with E-state index in [2.05, 4.69) is 88.5 Å². The van der Waals surface area contributed by atoms with E-state index in [1.165, 1.54) is 15.5 Å². The molecule has 0 N–H and O–H groups in total. The van der Waals surface area contributed by atoms with E-state index < -0.39 is 8.32 Å². The minimum absolute atomic E-state index is 0.142. The van der Waals surface area contributed by atoms with E-state index in [1.807, 2.05) is 6.07 Å². The Morgan fingerprint density at radius 2 is 1.59 bits per heavy atom. The fraction of sp³-hybridized carbons (Fsp3) is 0.261. The van der Waals surface area contributed by atoms with Crippen LogP contribution in [0.4, 0.5) is 0 Å². The molecule has 4 rings (SSSR count). The molecule has 1 heterocycles. The molecule has 0 aliphatic carbocycles. The van der Waals surface area contributed by atoms with Crippen LogP contribution in [-0.2, 0) is 0 Å². The summed E-state index contributed by atoms with van der Waals surface area (Å²) in [5, 5.41) is 3.59. The summed E-state index contributed by atoms with van der Waals surface area (Å²) in [6.45, 7) is 11.4. The smallest absolute Gasteiger partial charge is 0.250 e. The van der Waals surface area contributed by atoms with Crippen molar-refractivity contribution >= 4 is 40.6 Å². The number of para-hydroxylation sites is 1. The third-order valence-corrected chi connectivity index (χ3v) is 11.0. The second-order valence-corrected chi connectivity index (χ2v) is 14.3. The Kier molecular flexibility index (Phi) is 4.36. The third kappa shape index (κ3) is 3.28. The summed E-state index contributed by atoms with van der Waals surface area (Å²) in [5.74, 6) is 0.958. The molecular formula is C23H25NOSSi. The molecule has 27 heavy (non-hydrogen) atoms. The van der Waals surface area contributed by atoms with Crippen molar-refractivity contribution in [3.63, 3.8) is 0 Å². The molecular weight excluding hydrogens is 366 g/mol. The zero-order chi connectivity index (χ0) is 19.2. The van der Waals surface area contributed by atoms with Crippen molar-refractivity contribution in [2.75, 3.05) is 0 Å². The van der Waals surface area contributed by atoms with Crippen molar-refractivity contribution in [1.82, 2.24) is 4.98 Å². The lowest BCUT2D eigenvalue weighted by atomic mass is 10.0. The number of rotatable bonds is 3. The fourth-order valence-corrected chi connectivity index (χ4v) is 5.02. The summed E-state index contributed by atoms with van der Waals surface area (Å²) in [7, 11) is -1.96. The van der Waals surface area contributed by atoms with Crippen LogP contribution in [0.2, 0.25) is 18.1 Å². The van der Waals surface area contributed by atoms with E-state index in [0.29, 0.717) is 0 Å². The van der Waals surface area contributed by atoms with Crippen molar-refractivity contribution in [3.05, 3.63) is 60.7 Å². The van der Waals surface area contributed by atoms with Crippen LogP contribution in [0.3, 0.4) is 0 Å². The first-order valence-corrected chi connectivity index (χ1v) is 13.1. The first kappa shape index (κ1) is 18.2. The standard InChI is InChI=1S/C23H25NOSSi/c1-23(2,3)27(4,5)25-19-15-14-16-10-6-7-11-17(16)21(19)22-24-18-12-8-9-13-20(18)26-22/h6-15H,1-5H3. The predicted octanol–water partition coefficient (Wildman–Crippen LogP) is 7.50. The molecule has 0 unspecified atom stereocenters. The van der Waals surface area contributed by atoms with Crippen molar-refractivity contribution in [2.45, 2.75) is 38.9 Å². The maximum absolute atomic E-state index is 6.76. The van der Waals surface area contributed by atoms with E-state index in [1.54, 1.807) is 11.3 Å². The van der Waals surface area contributed by atoms with Crippen LogP contribution in [0.1, 0.15) is 20.8 Å². The van der Waals surface area contributed by atoms with Gasteiger partial charge in [0.05, 0.1) is 15.8 Å². The Morgan fingerprint density at radius 1 is 0.889 bits per heavy atom. The van der Waals surface area contributed by atoms with Crippen molar-refractivity contribution in [3.8, 4) is 16.3 Å². The Morgan fingerprint density at radius 3 is 2.33 bits per heavy atom. The molecule has 1 aromatic heterocycles. The number of fused-ring (bicyclic) bond motifs is 2. The fourth-order valence-electron chi connectivity index (χ4n) is 2.96. The molecule has 0 saturated heterocycles. The summed E-state index contributed by atoms with van der Waals surface area (Å²) < 4.78 is 7.97. The van der Waals surface area contributed by atoms with Gasteiger partial charge in [0.15, 0.2) is 0 Å². The Balaban J connectivity index is 1.96. The van der Waals surface area contributed by atoms with Gasteiger partial charge in [0.2, 0.25) is 0 Å². The number of thiazole rings is 1. The van der Waals surface area contributed by atoms with Gasteiger partial charge in [0.1, 0.15) is 10.8 Å². The molecule has 0 spiro atoms.